The Balaban J connectivity index is 1.94. The number of aryl methyl sites for hydroxylation is 1. The highest BCUT2D eigenvalue weighted by molar-refractivity contribution is 7.99. The fourth-order valence-electron chi connectivity index (χ4n) is 1.89. The number of aromatic carboxylic acids is 1. The fraction of sp³-hybridized carbons (Fsp3) is 0.0667. The van der Waals surface area contributed by atoms with Gasteiger partial charge in [-0.2, -0.15) is 0 Å². The van der Waals surface area contributed by atoms with Crippen molar-refractivity contribution < 1.29 is 14.3 Å². The summed E-state index contributed by atoms with van der Waals surface area (Å²) >= 11 is 1.31. The molecule has 20 heavy (non-hydrogen) atoms. The molecule has 0 radical (unpaired) electrons. The molecule has 5 heteroatoms. The van der Waals surface area contributed by atoms with Crippen LogP contribution in [0.25, 0.3) is 11.1 Å². The number of benzene rings is 2. The molecule has 0 bridgehead atoms. The number of nitrogens with zero attached hydrogens (tertiary/aromatic N) is 1. The molecule has 0 saturated heterocycles. The predicted octanol–water partition coefficient (Wildman–Crippen LogP) is 3.99. The van der Waals surface area contributed by atoms with Crippen LogP contribution < -0.4 is 0 Å². The third-order valence-electron chi connectivity index (χ3n) is 2.92. The Bertz CT molecular complexity index is 762. The van der Waals surface area contributed by atoms with E-state index in [4.69, 9.17) is 9.52 Å². The van der Waals surface area contributed by atoms with Crippen molar-refractivity contribution in [2.45, 2.75) is 17.0 Å². The minimum Gasteiger partial charge on any atom is -0.478 e. The molecule has 3 rings (SSSR count). The number of carboxylic acid groups (broad SMARTS) is 1. The molecular formula is C15H11NO3S. The third-order valence-corrected chi connectivity index (χ3v) is 3.76. The number of hydrogen-bond acceptors (Lipinski definition) is 4. The highest BCUT2D eigenvalue weighted by atomic mass is 32.2. The number of aromatic nitrogens is 1. The van der Waals surface area contributed by atoms with Crippen LogP contribution in [-0.2, 0) is 0 Å². The summed E-state index contributed by atoms with van der Waals surface area (Å²) < 4.78 is 5.61. The van der Waals surface area contributed by atoms with Gasteiger partial charge >= 0.3 is 5.97 Å². The SMILES string of the molecule is Cc1ccc(Sc2nc3ccccc3o2)cc1C(=O)O. The summed E-state index contributed by atoms with van der Waals surface area (Å²) in [4.78, 5) is 16.3. The van der Waals surface area contributed by atoms with Gasteiger partial charge in [0.05, 0.1) is 5.56 Å². The summed E-state index contributed by atoms with van der Waals surface area (Å²) in [6, 6.07) is 12.8. The van der Waals surface area contributed by atoms with Crippen LogP contribution in [0.1, 0.15) is 15.9 Å². The average Bonchev–Trinajstić information content (AvgIpc) is 2.82. The zero-order valence-corrected chi connectivity index (χ0v) is 11.5. The summed E-state index contributed by atoms with van der Waals surface area (Å²) in [6.07, 6.45) is 0. The van der Waals surface area contributed by atoms with Crippen molar-refractivity contribution in [3.05, 3.63) is 53.6 Å². The lowest BCUT2D eigenvalue weighted by Crippen LogP contribution is -1.99. The molecule has 0 aliphatic carbocycles. The number of hydrogen-bond donors (Lipinski definition) is 1. The van der Waals surface area contributed by atoms with Gasteiger partial charge in [-0.1, -0.05) is 18.2 Å². The number of carbonyl (C=O) groups is 1. The van der Waals surface area contributed by atoms with E-state index in [1.807, 2.05) is 30.3 Å². The van der Waals surface area contributed by atoms with E-state index >= 15 is 0 Å². The van der Waals surface area contributed by atoms with Gasteiger partial charge in [-0.25, -0.2) is 9.78 Å². The minimum absolute atomic E-state index is 0.297. The van der Waals surface area contributed by atoms with Crippen LogP contribution in [0, 0.1) is 6.92 Å². The van der Waals surface area contributed by atoms with Crippen molar-refractivity contribution in [2.75, 3.05) is 0 Å². The highest BCUT2D eigenvalue weighted by Gasteiger charge is 2.11. The number of oxazole rings is 1. The smallest absolute Gasteiger partial charge is 0.335 e. The van der Waals surface area contributed by atoms with Crippen molar-refractivity contribution in [3.63, 3.8) is 0 Å². The van der Waals surface area contributed by atoms with E-state index in [1.54, 1.807) is 19.1 Å². The van der Waals surface area contributed by atoms with Crippen molar-refractivity contribution in [3.8, 4) is 0 Å². The zero-order valence-electron chi connectivity index (χ0n) is 10.7. The van der Waals surface area contributed by atoms with E-state index in [0.717, 1.165) is 21.6 Å². The van der Waals surface area contributed by atoms with Crippen LogP contribution in [0.2, 0.25) is 0 Å². The molecule has 2 aromatic carbocycles. The van der Waals surface area contributed by atoms with Gasteiger partial charge < -0.3 is 9.52 Å². The quantitative estimate of drug-likeness (QED) is 0.788. The van der Waals surface area contributed by atoms with Gasteiger partial charge in [0.1, 0.15) is 5.52 Å². The minimum atomic E-state index is -0.928. The first kappa shape index (κ1) is 12.7. The largest absolute Gasteiger partial charge is 0.478 e. The van der Waals surface area contributed by atoms with E-state index in [1.165, 1.54) is 11.8 Å². The number of para-hydroxylation sites is 2. The van der Waals surface area contributed by atoms with Crippen LogP contribution in [0.15, 0.2) is 57.0 Å². The lowest BCUT2D eigenvalue weighted by Gasteiger charge is -2.03. The van der Waals surface area contributed by atoms with Gasteiger partial charge in [0.25, 0.3) is 5.22 Å². The molecule has 0 atom stereocenters. The molecule has 0 aliphatic rings. The lowest BCUT2D eigenvalue weighted by molar-refractivity contribution is 0.0696. The first-order valence-electron chi connectivity index (χ1n) is 6.01. The Morgan fingerprint density at radius 1 is 1.25 bits per heavy atom. The molecule has 100 valence electrons. The van der Waals surface area contributed by atoms with E-state index < -0.39 is 5.97 Å². The zero-order chi connectivity index (χ0) is 14.1. The molecule has 1 heterocycles. The second-order valence-corrected chi connectivity index (χ2v) is 5.36. The topological polar surface area (TPSA) is 63.3 Å². The first-order chi connectivity index (χ1) is 9.63. The van der Waals surface area contributed by atoms with Crippen molar-refractivity contribution in [1.29, 1.82) is 0 Å². The lowest BCUT2D eigenvalue weighted by atomic mass is 10.1. The molecule has 0 amide bonds. The van der Waals surface area contributed by atoms with Crippen LogP contribution >= 0.6 is 11.8 Å². The fourth-order valence-corrected chi connectivity index (χ4v) is 2.68. The molecule has 0 unspecified atom stereocenters. The van der Waals surface area contributed by atoms with Gasteiger partial charge in [0, 0.05) is 4.90 Å². The van der Waals surface area contributed by atoms with Crippen LogP contribution in [0.3, 0.4) is 0 Å². The Hall–Kier alpha value is -2.27. The molecule has 0 fully saturated rings. The predicted molar refractivity (Wildman–Crippen MR) is 76.3 cm³/mol. The monoisotopic (exact) mass is 285 g/mol. The third kappa shape index (κ3) is 2.40. The van der Waals surface area contributed by atoms with Gasteiger partial charge in [0.15, 0.2) is 5.58 Å². The van der Waals surface area contributed by atoms with Crippen molar-refractivity contribution in [1.82, 2.24) is 4.98 Å². The maximum Gasteiger partial charge on any atom is 0.335 e. The summed E-state index contributed by atoms with van der Waals surface area (Å²) in [5, 5.41) is 9.63. The first-order valence-corrected chi connectivity index (χ1v) is 6.82. The Labute approximate surface area is 119 Å². The average molecular weight is 285 g/mol. The molecule has 1 aromatic heterocycles. The van der Waals surface area contributed by atoms with Gasteiger partial charge in [-0.05, 0) is 48.5 Å². The van der Waals surface area contributed by atoms with E-state index in [0.29, 0.717) is 10.8 Å². The van der Waals surface area contributed by atoms with Gasteiger partial charge in [0.2, 0.25) is 0 Å². The normalized spacial score (nSPS) is 10.8. The molecule has 0 saturated carbocycles. The van der Waals surface area contributed by atoms with E-state index in [9.17, 15) is 4.79 Å². The number of rotatable bonds is 3. The second-order valence-electron chi connectivity index (χ2n) is 4.33. The Morgan fingerprint density at radius 2 is 2.05 bits per heavy atom. The number of fused-ring (bicyclic) bond motifs is 1. The summed E-state index contributed by atoms with van der Waals surface area (Å²) in [5.41, 5.74) is 2.55. The second kappa shape index (κ2) is 5.02. The highest BCUT2D eigenvalue weighted by Crippen LogP contribution is 2.30. The maximum absolute atomic E-state index is 11.1. The molecule has 0 aliphatic heterocycles. The molecule has 3 aromatic rings. The maximum atomic E-state index is 11.1. The van der Waals surface area contributed by atoms with Crippen molar-refractivity contribution in [2.24, 2.45) is 0 Å². The standard InChI is InChI=1S/C15H11NO3S/c1-9-6-7-10(8-11(9)14(17)18)20-15-16-12-4-2-3-5-13(12)19-15/h2-8H,1H3,(H,17,18). The summed E-state index contributed by atoms with van der Waals surface area (Å²) in [6.45, 7) is 1.78. The van der Waals surface area contributed by atoms with E-state index in [-0.39, 0.29) is 0 Å². The summed E-state index contributed by atoms with van der Waals surface area (Å²) in [5.74, 6) is -0.928. The van der Waals surface area contributed by atoms with E-state index in [2.05, 4.69) is 4.98 Å². The van der Waals surface area contributed by atoms with Crippen molar-refractivity contribution >= 4 is 28.8 Å². The Morgan fingerprint density at radius 3 is 2.80 bits per heavy atom. The Kier molecular flexibility index (Phi) is 3.20. The molecule has 0 spiro atoms. The van der Waals surface area contributed by atoms with Gasteiger partial charge in [-0.3, -0.25) is 0 Å². The molecule has 1 N–H and O–H groups in total. The molecular weight excluding hydrogens is 274 g/mol. The number of carboxylic acids is 1. The van der Waals surface area contributed by atoms with Crippen LogP contribution in [0.4, 0.5) is 0 Å². The van der Waals surface area contributed by atoms with Crippen LogP contribution in [-0.4, -0.2) is 16.1 Å². The van der Waals surface area contributed by atoms with Crippen LogP contribution in [0.5, 0.6) is 0 Å². The van der Waals surface area contributed by atoms with Gasteiger partial charge in [-0.15, -0.1) is 0 Å². The summed E-state index contributed by atoms with van der Waals surface area (Å²) in [7, 11) is 0. The molecule has 4 nitrogen and oxygen atoms in total.